The van der Waals surface area contributed by atoms with E-state index in [9.17, 15) is 9.59 Å². The van der Waals surface area contributed by atoms with E-state index in [1.54, 1.807) is 6.07 Å². The molecule has 4 rings (SSSR count). The van der Waals surface area contributed by atoms with Crippen LogP contribution < -0.4 is 10.9 Å². The summed E-state index contributed by atoms with van der Waals surface area (Å²) in [4.78, 5) is 30.7. The number of benzene rings is 2. The molecule has 146 valence electrons. The van der Waals surface area contributed by atoms with Crippen molar-refractivity contribution < 1.29 is 4.79 Å². The van der Waals surface area contributed by atoms with Crippen molar-refractivity contribution in [1.29, 1.82) is 0 Å². The molecule has 0 bridgehead atoms. The molecule has 2 aromatic carbocycles. The number of nitrogens with zero attached hydrogens (tertiary/aromatic N) is 2. The maximum Gasteiger partial charge on any atom is 0.271 e. The Balaban J connectivity index is 1.55. The molecule has 5 nitrogen and oxygen atoms in total. The Hall–Kier alpha value is -2.96. The lowest BCUT2D eigenvalue weighted by molar-refractivity contribution is -0.122. The zero-order valence-corrected chi connectivity index (χ0v) is 17.2. The highest BCUT2D eigenvalue weighted by Crippen LogP contribution is 2.30. The zero-order chi connectivity index (χ0) is 20.4. The van der Waals surface area contributed by atoms with Gasteiger partial charge in [0.1, 0.15) is 11.2 Å². The highest BCUT2D eigenvalue weighted by atomic mass is 35.5. The molecule has 0 spiro atoms. The summed E-state index contributed by atoms with van der Waals surface area (Å²) >= 11 is 7.58. The maximum absolute atomic E-state index is 12.9. The molecule has 0 aliphatic heterocycles. The second-order valence-corrected chi connectivity index (χ2v) is 8.14. The van der Waals surface area contributed by atoms with Crippen LogP contribution in [-0.2, 0) is 11.3 Å². The lowest BCUT2D eigenvalue weighted by Gasteiger charge is -2.16. The lowest BCUT2D eigenvalue weighted by atomic mass is 10.1. The number of hydrogen-bond acceptors (Lipinski definition) is 4. The van der Waals surface area contributed by atoms with Gasteiger partial charge in [-0.3, -0.25) is 14.2 Å². The molecule has 0 fully saturated rings. The molecule has 0 aliphatic carbocycles. The van der Waals surface area contributed by atoms with Crippen molar-refractivity contribution in [2.75, 3.05) is 0 Å². The van der Waals surface area contributed by atoms with Crippen molar-refractivity contribution in [3.8, 4) is 10.4 Å². The maximum atomic E-state index is 12.9. The third kappa shape index (κ3) is 4.09. The molecule has 0 unspecified atom stereocenters. The monoisotopic (exact) mass is 423 g/mol. The average Bonchev–Trinajstić information content (AvgIpc) is 3.16. The number of amides is 1. The van der Waals surface area contributed by atoms with E-state index in [0.717, 1.165) is 16.0 Å². The Morgan fingerprint density at radius 2 is 1.90 bits per heavy atom. The molecule has 2 heterocycles. The van der Waals surface area contributed by atoms with Crippen LogP contribution in [0.25, 0.3) is 20.7 Å². The molecule has 0 saturated heterocycles. The quantitative estimate of drug-likeness (QED) is 0.508. The van der Waals surface area contributed by atoms with Crippen molar-refractivity contribution in [2.24, 2.45) is 0 Å². The third-order valence-electron chi connectivity index (χ3n) is 4.63. The second kappa shape index (κ2) is 8.19. The van der Waals surface area contributed by atoms with Gasteiger partial charge in [0.25, 0.3) is 5.56 Å². The Labute approximate surface area is 176 Å². The highest BCUT2D eigenvalue weighted by molar-refractivity contribution is 7.22. The van der Waals surface area contributed by atoms with Gasteiger partial charge in [-0.15, -0.1) is 11.3 Å². The minimum atomic E-state index is -0.277. The number of hydrogen-bond donors (Lipinski definition) is 1. The summed E-state index contributed by atoms with van der Waals surface area (Å²) in [5.74, 6) is -0.277. The number of thiophene rings is 1. The van der Waals surface area contributed by atoms with E-state index < -0.39 is 0 Å². The lowest BCUT2D eigenvalue weighted by Crippen LogP contribution is -2.33. The molecule has 0 radical (unpaired) electrons. The number of halogens is 1. The number of carbonyl (C=O) groups is 1. The van der Waals surface area contributed by atoms with Gasteiger partial charge in [0.05, 0.1) is 17.9 Å². The first-order valence-corrected chi connectivity index (χ1v) is 10.3. The number of nitrogens with one attached hydrogen (secondary N) is 1. The highest BCUT2D eigenvalue weighted by Gasteiger charge is 2.15. The van der Waals surface area contributed by atoms with Crippen LogP contribution >= 0.6 is 22.9 Å². The van der Waals surface area contributed by atoms with Crippen LogP contribution in [0.15, 0.2) is 71.8 Å². The number of aromatic nitrogens is 2. The van der Waals surface area contributed by atoms with Crippen LogP contribution in [0.2, 0.25) is 5.02 Å². The Morgan fingerprint density at radius 1 is 1.17 bits per heavy atom. The largest absolute Gasteiger partial charge is 0.348 e. The number of rotatable bonds is 5. The molecule has 0 saturated carbocycles. The second-order valence-electron chi connectivity index (χ2n) is 6.68. The minimum absolute atomic E-state index is 0.102. The summed E-state index contributed by atoms with van der Waals surface area (Å²) in [6, 6.07) is 18.8. The molecular formula is C22H18ClN3O2S. The molecule has 4 aromatic rings. The normalized spacial score (nSPS) is 12.1. The summed E-state index contributed by atoms with van der Waals surface area (Å²) in [5, 5.41) is 3.47. The smallest absolute Gasteiger partial charge is 0.271 e. The van der Waals surface area contributed by atoms with Crippen LogP contribution in [0.1, 0.15) is 18.5 Å². The van der Waals surface area contributed by atoms with E-state index in [2.05, 4.69) is 10.3 Å². The summed E-state index contributed by atoms with van der Waals surface area (Å²) in [7, 11) is 0. The van der Waals surface area contributed by atoms with Gasteiger partial charge in [-0.25, -0.2) is 4.98 Å². The average molecular weight is 424 g/mol. The topological polar surface area (TPSA) is 64.0 Å². The Bertz CT molecular complexity index is 1230. The van der Waals surface area contributed by atoms with Gasteiger partial charge < -0.3 is 5.32 Å². The van der Waals surface area contributed by atoms with E-state index in [1.165, 1.54) is 22.2 Å². The van der Waals surface area contributed by atoms with Gasteiger partial charge in [-0.05, 0) is 30.2 Å². The van der Waals surface area contributed by atoms with Crippen molar-refractivity contribution in [2.45, 2.75) is 19.5 Å². The van der Waals surface area contributed by atoms with E-state index in [0.29, 0.717) is 15.2 Å². The van der Waals surface area contributed by atoms with Crippen LogP contribution in [-0.4, -0.2) is 15.5 Å². The fourth-order valence-electron chi connectivity index (χ4n) is 3.15. The summed E-state index contributed by atoms with van der Waals surface area (Å²) < 4.78 is 1.88. The zero-order valence-electron chi connectivity index (χ0n) is 15.6. The van der Waals surface area contributed by atoms with Crippen LogP contribution in [0.5, 0.6) is 0 Å². The predicted octanol–water partition coefficient (Wildman–Crippen LogP) is 4.66. The van der Waals surface area contributed by atoms with Crippen LogP contribution in [0.3, 0.4) is 0 Å². The van der Waals surface area contributed by atoms with Gasteiger partial charge in [-0.2, -0.15) is 0 Å². The third-order valence-corrected chi connectivity index (χ3v) is 6.13. The molecule has 7 heteroatoms. The van der Waals surface area contributed by atoms with Gasteiger partial charge in [0.2, 0.25) is 5.91 Å². The predicted molar refractivity (Wildman–Crippen MR) is 117 cm³/mol. The van der Waals surface area contributed by atoms with Crippen LogP contribution in [0.4, 0.5) is 0 Å². The first-order chi connectivity index (χ1) is 14.0. The van der Waals surface area contributed by atoms with Gasteiger partial charge in [0, 0.05) is 9.90 Å². The van der Waals surface area contributed by atoms with E-state index in [1.807, 2.05) is 61.5 Å². The Kier molecular flexibility index (Phi) is 5.47. The SMILES string of the molecule is C[C@H](NC(=O)Cn1cnc2cc(-c3ccccc3)sc2c1=O)c1ccccc1Cl. The van der Waals surface area contributed by atoms with Crippen LogP contribution in [0, 0.1) is 0 Å². The molecule has 1 N–H and O–H groups in total. The number of fused-ring (bicyclic) bond motifs is 1. The fraction of sp³-hybridized carbons (Fsp3) is 0.136. The summed E-state index contributed by atoms with van der Waals surface area (Å²) in [5.41, 5.74) is 2.28. The minimum Gasteiger partial charge on any atom is -0.348 e. The standard InChI is InChI=1S/C22H18ClN3O2S/c1-14(16-9-5-6-10-17(16)23)25-20(27)12-26-13-24-18-11-19(29-21(18)22(26)28)15-7-3-2-4-8-15/h2-11,13-14H,12H2,1H3,(H,25,27)/t14-/m0/s1. The summed E-state index contributed by atoms with van der Waals surface area (Å²) in [6.45, 7) is 1.75. The summed E-state index contributed by atoms with van der Waals surface area (Å²) in [6.07, 6.45) is 1.42. The van der Waals surface area contributed by atoms with E-state index >= 15 is 0 Å². The fourth-order valence-corrected chi connectivity index (χ4v) is 4.51. The molecule has 29 heavy (non-hydrogen) atoms. The Morgan fingerprint density at radius 3 is 2.66 bits per heavy atom. The molecule has 2 aromatic heterocycles. The van der Waals surface area contributed by atoms with Crippen molar-refractivity contribution in [1.82, 2.24) is 14.9 Å². The molecule has 1 amide bonds. The molecule has 1 atom stereocenters. The molecule has 0 aliphatic rings. The van der Waals surface area contributed by atoms with Crippen molar-refractivity contribution in [3.05, 3.63) is 87.9 Å². The van der Waals surface area contributed by atoms with Gasteiger partial charge in [-0.1, -0.05) is 60.1 Å². The first kappa shape index (κ1) is 19.4. The number of carbonyl (C=O) groups excluding carboxylic acids is 1. The molecular weight excluding hydrogens is 406 g/mol. The van der Waals surface area contributed by atoms with Gasteiger partial charge in [0.15, 0.2) is 0 Å². The van der Waals surface area contributed by atoms with Crippen molar-refractivity contribution in [3.63, 3.8) is 0 Å². The van der Waals surface area contributed by atoms with Gasteiger partial charge >= 0.3 is 0 Å². The van der Waals surface area contributed by atoms with Crippen molar-refractivity contribution >= 4 is 39.1 Å². The van der Waals surface area contributed by atoms with E-state index in [-0.39, 0.29) is 24.1 Å². The first-order valence-electron chi connectivity index (χ1n) is 9.11. The van der Waals surface area contributed by atoms with E-state index in [4.69, 9.17) is 11.6 Å².